The Morgan fingerprint density at radius 2 is 2.19 bits per heavy atom. The van der Waals surface area contributed by atoms with E-state index in [4.69, 9.17) is 9.47 Å². The Bertz CT molecular complexity index is 465. The van der Waals surface area contributed by atoms with Gasteiger partial charge in [0.1, 0.15) is 18.5 Å². The number of ether oxygens (including phenoxy) is 2. The zero-order valence-electron chi connectivity index (χ0n) is 12.9. The molecule has 2 rings (SSSR count). The minimum absolute atomic E-state index is 0.0713. The molecule has 0 spiro atoms. The predicted molar refractivity (Wildman–Crippen MR) is 86.7 cm³/mol. The number of aliphatic hydroxyl groups is 1. The minimum atomic E-state index is -0.549. The molecule has 0 aliphatic carbocycles. The standard InChI is InChI=1S/C16H24BrNO3/c1-11(2)18-6-7-20-14(9-18)10-21-16-8-13(17)4-5-15(16)12(3)19/h4-5,8,11-12,14,19H,6-7,9-10H2,1-3H3. The Hall–Kier alpha value is -0.620. The van der Waals surface area contributed by atoms with Crippen LogP contribution in [0.1, 0.15) is 32.4 Å². The van der Waals surface area contributed by atoms with Gasteiger partial charge >= 0.3 is 0 Å². The van der Waals surface area contributed by atoms with Crippen molar-refractivity contribution >= 4 is 15.9 Å². The summed E-state index contributed by atoms with van der Waals surface area (Å²) in [4.78, 5) is 2.40. The van der Waals surface area contributed by atoms with Crippen molar-refractivity contribution in [3.8, 4) is 5.75 Å². The maximum Gasteiger partial charge on any atom is 0.126 e. The first-order valence-electron chi connectivity index (χ1n) is 7.43. The van der Waals surface area contributed by atoms with Crippen molar-refractivity contribution < 1.29 is 14.6 Å². The fourth-order valence-corrected chi connectivity index (χ4v) is 2.81. The van der Waals surface area contributed by atoms with Crippen LogP contribution < -0.4 is 4.74 Å². The van der Waals surface area contributed by atoms with E-state index in [1.54, 1.807) is 6.92 Å². The largest absolute Gasteiger partial charge is 0.490 e. The number of benzene rings is 1. The Morgan fingerprint density at radius 3 is 2.86 bits per heavy atom. The van der Waals surface area contributed by atoms with Crippen molar-refractivity contribution in [2.75, 3.05) is 26.3 Å². The number of hydrogen-bond donors (Lipinski definition) is 1. The van der Waals surface area contributed by atoms with E-state index in [1.165, 1.54) is 0 Å². The molecule has 0 saturated carbocycles. The summed E-state index contributed by atoms with van der Waals surface area (Å²) in [5.41, 5.74) is 0.801. The van der Waals surface area contributed by atoms with Gasteiger partial charge in [0.25, 0.3) is 0 Å². The van der Waals surface area contributed by atoms with Crippen LogP contribution in [0, 0.1) is 0 Å². The van der Waals surface area contributed by atoms with Gasteiger partial charge in [-0.05, 0) is 32.9 Å². The van der Waals surface area contributed by atoms with Crippen molar-refractivity contribution in [1.29, 1.82) is 0 Å². The lowest BCUT2D eigenvalue weighted by atomic mass is 10.1. The van der Waals surface area contributed by atoms with Gasteiger partial charge in [-0.3, -0.25) is 4.90 Å². The highest BCUT2D eigenvalue weighted by Gasteiger charge is 2.23. The van der Waals surface area contributed by atoms with E-state index in [0.717, 1.165) is 29.7 Å². The second-order valence-electron chi connectivity index (χ2n) is 5.75. The molecule has 1 heterocycles. The molecule has 118 valence electrons. The molecule has 2 atom stereocenters. The highest BCUT2D eigenvalue weighted by atomic mass is 79.9. The molecule has 1 saturated heterocycles. The quantitative estimate of drug-likeness (QED) is 0.879. The topological polar surface area (TPSA) is 41.9 Å². The lowest BCUT2D eigenvalue weighted by molar-refractivity contribution is -0.0567. The molecule has 5 heteroatoms. The summed E-state index contributed by atoms with van der Waals surface area (Å²) in [5, 5.41) is 9.81. The fourth-order valence-electron chi connectivity index (χ4n) is 2.47. The average molecular weight is 358 g/mol. The minimum Gasteiger partial charge on any atom is -0.490 e. The summed E-state index contributed by atoms with van der Waals surface area (Å²) in [7, 11) is 0. The summed E-state index contributed by atoms with van der Waals surface area (Å²) in [5.74, 6) is 0.713. The fraction of sp³-hybridized carbons (Fsp3) is 0.625. The molecule has 0 bridgehead atoms. The number of rotatable bonds is 5. The van der Waals surface area contributed by atoms with Crippen LogP contribution in [0.25, 0.3) is 0 Å². The van der Waals surface area contributed by atoms with Crippen molar-refractivity contribution in [1.82, 2.24) is 4.90 Å². The van der Waals surface area contributed by atoms with Gasteiger partial charge in [-0.1, -0.05) is 22.0 Å². The van der Waals surface area contributed by atoms with E-state index < -0.39 is 6.10 Å². The Balaban J connectivity index is 1.98. The second-order valence-corrected chi connectivity index (χ2v) is 6.67. The first-order chi connectivity index (χ1) is 9.97. The van der Waals surface area contributed by atoms with Crippen LogP contribution in [0.3, 0.4) is 0 Å². The van der Waals surface area contributed by atoms with Gasteiger partial charge in [0.2, 0.25) is 0 Å². The molecule has 1 aromatic carbocycles. The molecule has 21 heavy (non-hydrogen) atoms. The Labute approximate surface area is 135 Å². The van der Waals surface area contributed by atoms with E-state index in [9.17, 15) is 5.11 Å². The maximum atomic E-state index is 9.81. The molecule has 1 N–H and O–H groups in total. The molecule has 0 amide bonds. The highest BCUT2D eigenvalue weighted by Crippen LogP contribution is 2.29. The van der Waals surface area contributed by atoms with Gasteiger partial charge in [0.15, 0.2) is 0 Å². The molecule has 4 nitrogen and oxygen atoms in total. The van der Waals surface area contributed by atoms with E-state index in [2.05, 4.69) is 34.7 Å². The normalized spacial score (nSPS) is 21.5. The molecule has 1 fully saturated rings. The number of hydrogen-bond acceptors (Lipinski definition) is 4. The van der Waals surface area contributed by atoms with Gasteiger partial charge in [-0.25, -0.2) is 0 Å². The molecule has 1 aromatic rings. The third kappa shape index (κ3) is 4.68. The van der Waals surface area contributed by atoms with Gasteiger partial charge in [0, 0.05) is 29.2 Å². The Morgan fingerprint density at radius 1 is 1.43 bits per heavy atom. The zero-order chi connectivity index (χ0) is 15.4. The first-order valence-corrected chi connectivity index (χ1v) is 8.22. The van der Waals surface area contributed by atoms with Gasteiger partial charge < -0.3 is 14.6 Å². The number of nitrogens with zero attached hydrogens (tertiary/aromatic N) is 1. The third-order valence-corrected chi connectivity index (χ3v) is 4.24. The smallest absolute Gasteiger partial charge is 0.126 e. The van der Waals surface area contributed by atoms with E-state index in [1.807, 2.05) is 18.2 Å². The second kappa shape index (κ2) is 7.58. The highest BCUT2D eigenvalue weighted by molar-refractivity contribution is 9.10. The van der Waals surface area contributed by atoms with Crippen LogP contribution in [-0.4, -0.2) is 48.5 Å². The monoisotopic (exact) mass is 357 g/mol. The first kappa shape index (κ1) is 16.7. The summed E-state index contributed by atoms with van der Waals surface area (Å²) >= 11 is 3.44. The predicted octanol–water partition coefficient (Wildman–Crippen LogP) is 2.99. The maximum absolute atomic E-state index is 9.81. The van der Waals surface area contributed by atoms with Crippen LogP contribution in [0.5, 0.6) is 5.75 Å². The van der Waals surface area contributed by atoms with Crippen LogP contribution in [0.2, 0.25) is 0 Å². The van der Waals surface area contributed by atoms with E-state index >= 15 is 0 Å². The molecule has 0 aromatic heterocycles. The molecule has 1 aliphatic rings. The van der Waals surface area contributed by atoms with Gasteiger partial charge in [0.05, 0.1) is 12.7 Å². The number of aliphatic hydroxyl groups excluding tert-OH is 1. The van der Waals surface area contributed by atoms with Crippen molar-refractivity contribution in [2.45, 2.75) is 39.0 Å². The molecule has 2 unspecified atom stereocenters. The van der Waals surface area contributed by atoms with Crippen LogP contribution in [0.15, 0.2) is 22.7 Å². The summed E-state index contributed by atoms with van der Waals surface area (Å²) in [6, 6.07) is 6.21. The molecule has 0 radical (unpaired) electrons. The van der Waals surface area contributed by atoms with Crippen molar-refractivity contribution in [3.05, 3.63) is 28.2 Å². The van der Waals surface area contributed by atoms with Crippen LogP contribution in [-0.2, 0) is 4.74 Å². The van der Waals surface area contributed by atoms with E-state index in [-0.39, 0.29) is 6.10 Å². The lowest BCUT2D eigenvalue weighted by Gasteiger charge is -2.35. The number of morpholine rings is 1. The van der Waals surface area contributed by atoms with Crippen LogP contribution in [0.4, 0.5) is 0 Å². The van der Waals surface area contributed by atoms with Crippen molar-refractivity contribution in [2.24, 2.45) is 0 Å². The Kier molecular flexibility index (Phi) is 6.05. The van der Waals surface area contributed by atoms with Gasteiger partial charge in [-0.2, -0.15) is 0 Å². The lowest BCUT2D eigenvalue weighted by Crippen LogP contribution is -2.47. The molecular formula is C16H24BrNO3. The SMILES string of the molecule is CC(O)c1ccc(Br)cc1OCC1CN(C(C)C)CCO1. The summed E-state index contributed by atoms with van der Waals surface area (Å²) in [6.45, 7) is 9.24. The van der Waals surface area contributed by atoms with Crippen molar-refractivity contribution in [3.63, 3.8) is 0 Å². The summed E-state index contributed by atoms with van der Waals surface area (Å²) in [6.07, 6.45) is -0.477. The van der Waals surface area contributed by atoms with E-state index in [0.29, 0.717) is 18.4 Å². The average Bonchev–Trinajstić information content (AvgIpc) is 2.45. The zero-order valence-corrected chi connectivity index (χ0v) is 14.5. The van der Waals surface area contributed by atoms with Gasteiger partial charge in [-0.15, -0.1) is 0 Å². The summed E-state index contributed by atoms with van der Waals surface area (Å²) < 4.78 is 12.6. The molecular weight excluding hydrogens is 334 g/mol. The van der Waals surface area contributed by atoms with Crippen LogP contribution >= 0.6 is 15.9 Å². The third-order valence-electron chi connectivity index (χ3n) is 3.75. The molecule has 1 aliphatic heterocycles. The number of halogens is 1.